The predicted octanol–water partition coefficient (Wildman–Crippen LogP) is 2.50. The van der Waals surface area contributed by atoms with Crippen molar-refractivity contribution in [1.29, 1.82) is 0 Å². The van der Waals surface area contributed by atoms with Crippen molar-refractivity contribution in [1.82, 2.24) is 0 Å². The van der Waals surface area contributed by atoms with Gasteiger partial charge in [-0.05, 0) is 17.7 Å². The molecule has 2 heteroatoms. The van der Waals surface area contributed by atoms with Gasteiger partial charge in [-0.1, -0.05) is 36.9 Å². The quantitative estimate of drug-likeness (QED) is 0.774. The molecule has 0 spiro atoms. The van der Waals surface area contributed by atoms with Crippen molar-refractivity contribution >= 4 is 0 Å². The fourth-order valence-electron chi connectivity index (χ4n) is 2.41. The van der Waals surface area contributed by atoms with Crippen LogP contribution >= 0.6 is 0 Å². The van der Waals surface area contributed by atoms with E-state index in [0.29, 0.717) is 5.70 Å². The topological polar surface area (TPSA) is 35.2 Å². The molecule has 0 saturated carbocycles. The Morgan fingerprint density at radius 1 is 1.31 bits per heavy atom. The Balaban J connectivity index is 2.12. The number of hydrogen-bond donors (Lipinski definition) is 1. The maximum Gasteiger partial charge on any atom is 0.128 e. The molecule has 0 bridgehead atoms. The van der Waals surface area contributed by atoms with E-state index in [0.717, 1.165) is 11.3 Å². The van der Waals surface area contributed by atoms with Crippen LogP contribution in [0.15, 0.2) is 60.3 Å². The van der Waals surface area contributed by atoms with E-state index in [2.05, 4.69) is 18.7 Å². The van der Waals surface area contributed by atoms with Crippen molar-refractivity contribution in [3.63, 3.8) is 0 Å². The van der Waals surface area contributed by atoms with Gasteiger partial charge < -0.3 is 10.5 Å². The summed E-state index contributed by atoms with van der Waals surface area (Å²) in [6.45, 7) is 3.83. The first-order chi connectivity index (χ1) is 7.77. The number of allylic oxidation sites excluding steroid dienone is 3. The summed E-state index contributed by atoms with van der Waals surface area (Å²) in [5.41, 5.74) is 8.72. The molecule has 0 saturated heterocycles. The Kier molecular flexibility index (Phi) is 1.90. The highest BCUT2D eigenvalue weighted by Crippen LogP contribution is 2.45. The zero-order valence-corrected chi connectivity index (χ0v) is 8.89. The third kappa shape index (κ3) is 1.20. The van der Waals surface area contributed by atoms with E-state index < -0.39 is 0 Å². The number of rotatable bonds is 1. The summed E-state index contributed by atoms with van der Waals surface area (Å²) in [4.78, 5) is 0. The van der Waals surface area contributed by atoms with E-state index in [9.17, 15) is 0 Å². The predicted molar refractivity (Wildman–Crippen MR) is 64.1 cm³/mol. The van der Waals surface area contributed by atoms with Crippen molar-refractivity contribution in [2.24, 2.45) is 5.73 Å². The minimum atomic E-state index is 0.0673. The van der Waals surface area contributed by atoms with Crippen LogP contribution in [0.4, 0.5) is 0 Å². The SMILES string of the molecule is C=C(N)C1=CC=CC2Oc3ccccc3C12. The molecule has 1 aliphatic heterocycles. The van der Waals surface area contributed by atoms with E-state index in [-0.39, 0.29) is 12.0 Å². The number of nitrogens with two attached hydrogens (primary N) is 1. The van der Waals surface area contributed by atoms with E-state index in [1.165, 1.54) is 5.56 Å². The van der Waals surface area contributed by atoms with Gasteiger partial charge in [0.15, 0.2) is 0 Å². The van der Waals surface area contributed by atoms with Gasteiger partial charge in [0, 0.05) is 11.3 Å². The molecule has 0 fully saturated rings. The fraction of sp³-hybridized carbons (Fsp3) is 0.143. The van der Waals surface area contributed by atoms with E-state index in [1.54, 1.807) is 0 Å². The lowest BCUT2D eigenvalue weighted by Crippen LogP contribution is -2.22. The van der Waals surface area contributed by atoms with Crippen LogP contribution in [-0.4, -0.2) is 6.10 Å². The molecule has 1 heterocycles. The van der Waals surface area contributed by atoms with Gasteiger partial charge in [-0.25, -0.2) is 0 Å². The molecule has 2 unspecified atom stereocenters. The maximum absolute atomic E-state index is 5.87. The fourth-order valence-corrected chi connectivity index (χ4v) is 2.41. The van der Waals surface area contributed by atoms with Crippen LogP contribution in [0.5, 0.6) is 5.75 Å². The largest absolute Gasteiger partial charge is 0.485 e. The van der Waals surface area contributed by atoms with Crippen LogP contribution in [-0.2, 0) is 0 Å². The Morgan fingerprint density at radius 2 is 2.12 bits per heavy atom. The molecule has 0 aromatic heterocycles. The van der Waals surface area contributed by atoms with Crippen LogP contribution in [0.25, 0.3) is 0 Å². The zero-order chi connectivity index (χ0) is 11.1. The summed E-state index contributed by atoms with van der Waals surface area (Å²) < 4.78 is 5.87. The minimum absolute atomic E-state index is 0.0673. The standard InChI is InChI=1S/C14H13NO/c1-9(15)10-6-4-8-13-14(10)11-5-2-3-7-12(11)16-13/h2-8,13-14H,1,15H2. The highest BCUT2D eigenvalue weighted by molar-refractivity contribution is 5.53. The number of hydrogen-bond acceptors (Lipinski definition) is 2. The lowest BCUT2D eigenvalue weighted by Gasteiger charge is -2.22. The second kappa shape index (κ2) is 3.27. The lowest BCUT2D eigenvalue weighted by molar-refractivity contribution is 0.265. The maximum atomic E-state index is 5.87. The Labute approximate surface area is 94.7 Å². The van der Waals surface area contributed by atoms with Crippen molar-refractivity contribution in [3.8, 4) is 5.75 Å². The highest BCUT2D eigenvalue weighted by atomic mass is 16.5. The molecule has 16 heavy (non-hydrogen) atoms. The summed E-state index contributed by atoms with van der Waals surface area (Å²) in [5.74, 6) is 1.16. The number of fused-ring (bicyclic) bond motifs is 3. The van der Waals surface area contributed by atoms with Crippen molar-refractivity contribution < 1.29 is 4.74 Å². The molecule has 1 aromatic rings. The first-order valence-electron chi connectivity index (χ1n) is 5.36. The lowest BCUT2D eigenvalue weighted by atomic mass is 9.83. The number of benzene rings is 1. The van der Waals surface area contributed by atoms with E-state index in [1.807, 2.05) is 30.4 Å². The Morgan fingerprint density at radius 3 is 2.94 bits per heavy atom. The first-order valence-corrected chi connectivity index (χ1v) is 5.36. The zero-order valence-electron chi connectivity index (χ0n) is 8.89. The normalized spacial score (nSPS) is 25.4. The van der Waals surface area contributed by atoms with E-state index >= 15 is 0 Å². The molecular weight excluding hydrogens is 198 g/mol. The second-order valence-corrected chi connectivity index (χ2v) is 4.13. The highest BCUT2D eigenvalue weighted by Gasteiger charge is 2.36. The van der Waals surface area contributed by atoms with Gasteiger partial charge in [0.05, 0.1) is 5.92 Å². The van der Waals surface area contributed by atoms with Gasteiger partial charge in [-0.2, -0.15) is 0 Å². The first kappa shape index (κ1) is 9.28. The monoisotopic (exact) mass is 211 g/mol. The molecule has 2 nitrogen and oxygen atoms in total. The molecule has 2 N–H and O–H groups in total. The van der Waals surface area contributed by atoms with Crippen LogP contribution in [0, 0.1) is 0 Å². The molecule has 0 amide bonds. The molecule has 2 aliphatic rings. The van der Waals surface area contributed by atoms with Crippen LogP contribution in [0.2, 0.25) is 0 Å². The molecule has 3 rings (SSSR count). The Hall–Kier alpha value is -1.96. The third-order valence-corrected chi connectivity index (χ3v) is 3.13. The number of ether oxygens (including phenoxy) is 1. The number of para-hydroxylation sites is 1. The van der Waals surface area contributed by atoms with Crippen LogP contribution in [0.1, 0.15) is 11.5 Å². The minimum Gasteiger partial charge on any atom is -0.485 e. The van der Waals surface area contributed by atoms with Crippen molar-refractivity contribution in [2.75, 3.05) is 0 Å². The van der Waals surface area contributed by atoms with Gasteiger partial charge in [-0.3, -0.25) is 0 Å². The average Bonchev–Trinajstić information content (AvgIpc) is 2.66. The van der Waals surface area contributed by atoms with Gasteiger partial charge in [0.25, 0.3) is 0 Å². The second-order valence-electron chi connectivity index (χ2n) is 4.13. The summed E-state index contributed by atoms with van der Waals surface area (Å²) in [5, 5.41) is 0. The Bertz CT molecular complexity index is 513. The van der Waals surface area contributed by atoms with Gasteiger partial charge >= 0.3 is 0 Å². The summed E-state index contributed by atoms with van der Waals surface area (Å²) >= 11 is 0. The van der Waals surface area contributed by atoms with Crippen LogP contribution < -0.4 is 10.5 Å². The summed E-state index contributed by atoms with van der Waals surface area (Å²) in [6, 6.07) is 8.11. The molecule has 80 valence electrons. The smallest absolute Gasteiger partial charge is 0.128 e. The third-order valence-electron chi connectivity index (χ3n) is 3.13. The summed E-state index contributed by atoms with van der Waals surface area (Å²) in [6.07, 6.45) is 6.14. The van der Waals surface area contributed by atoms with Crippen molar-refractivity contribution in [3.05, 3.63) is 65.9 Å². The molecule has 2 atom stereocenters. The van der Waals surface area contributed by atoms with Gasteiger partial charge in [-0.15, -0.1) is 0 Å². The molecule has 0 radical (unpaired) electrons. The molecule has 1 aliphatic carbocycles. The average molecular weight is 211 g/mol. The van der Waals surface area contributed by atoms with Gasteiger partial charge in [0.1, 0.15) is 11.9 Å². The molecule has 1 aromatic carbocycles. The van der Waals surface area contributed by atoms with Crippen LogP contribution in [0.3, 0.4) is 0 Å². The summed E-state index contributed by atoms with van der Waals surface area (Å²) in [7, 11) is 0. The van der Waals surface area contributed by atoms with E-state index in [4.69, 9.17) is 10.5 Å². The van der Waals surface area contributed by atoms with Gasteiger partial charge in [0.2, 0.25) is 0 Å². The van der Waals surface area contributed by atoms with Crippen molar-refractivity contribution in [2.45, 2.75) is 12.0 Å². The molecular formula is C14H13NO.